The van der Waals surface area contributed by atoms with Crippen molar-refractivity contribution in [2.75, 3.05) is 18.8 Å². The number of carbonyl (C=O) groups is 2. The smallest absolute Gasteiger partial charge is 0.399 e. The van der Waals surface area contributed by atoms with Crippen LogP contribution in [0.5, 0.6) is 0 Å². The van der Waals surface area contributed by atoms with Crippen LogP contribution in [0.25, 0.3) is 0 Å². The number of hydrogen-bond acceptors (Lipinski definition) is 3. The summed E-state index contributed by atoms with van der Waals surface area (Å²) in [7, 11) is 0. The summed E-state index contributed by atoms with van der Waals surface area (Å²) in [4.78, 5) is 29.4. The Hall–Kier alpha value is -3.81. The lowest BCUT2D eigenvalue weighted by atomic mass is 9.99. The van der Waals surface area contributed by atoms with E-state index in [0.717, 1.165) is 23.3 Å². The third-order valence-electron chi connectivity index (χ3n) is 6.42. The van der Waals surface area contributed by atoms with Crippen LogP contribution in [0.1, 0.15) is 28.7 Å². The van der Waals surface area contributed by atoms with E-state index in [-0.39, 0.29) is 37.4 Å². The number of amides is 2. The molecule has 0 radical (unpaired) electrons. The molecule has 36 heavy (non-hydrogen) atoms. The van der Waals surface area contributed by atoms with Crippen LogP contribution in [-0.4, -0.2) is 40.7 Å². The third kappa shape index (κ3) is 6.44. The highest BCUT2D eigenvalue weighted by Crippen LogP contribution is 2.30. The number of nitrogens with zero attached hydrogens (tertiary/aromatic N) is 2. The second-order valence-corrected chi connectivity index (χ2v) is 9.09. The summed E-state index contributed by atoms with van der Waals surface area (Å²) in [5, 5.41) is 0. The standard InChI is InChI=1S/C28H28F3N3O2/c29-28(30,31)23-8-4-7-22(15-23)17-34-25(14-11-20-5-2-1-3-6-20)18-33(19-27(34)36)26(35)16-21-9-12-24(32)13-10-21/h1-10,12-13,15,25H,11,14,16-19,32H2/t25-/m0/s1. The number of alkyl halides is 3. The van der Waals surface area contributed by atoms with Crippen molar-refractivity contribution in [3.63, 3.8) is 0 Å². The molecule has 0 aromatic heterocycles. The Morgan fingerprint density at radius 2 is 1.61 bits per heavy atom. The van der Waals surface area contributed by atoms with Gasteiger partial charge in [-0.15, -0.1) is 0 Å². The lowest BCUT2D eigenvalue weighted by molar-refractivity contribution is -0.149. The first-order chi connectivity index (χ1) is 17.2. The number of rotatable bonds is 7. The Morgan fingerprint density at radius 1 is 0.917 bits per heavy atom. The normalized spacial score (nSPS) is 16.3. The predicted molar refractivity (Wildman–Crippen MR) is 132 cm³/mol. The van der Waals surface area contributed by atoms with Crippen molar-refractivity contribution in [1.82, 2.24) is 9.80 Å². The monoisotopic (exact) mass is 495 g/mol. The summed E-state index contributed by atoms with van der Waals surface area (Å²) in [6.45, 7) is 0.280. The highest BCUT2D eigenvalue weighted by Gasteiger charge is 2.35. The summed E-state index contributed by atoms with van der Waals surface area (Å²) in [6.07, 6.45) is -3.05. The first kappa shape index (κ1) is 25.3. The molecule has 1 aliphatic rings. The molecular formula is C28H28F3N3O2. The van der Waals surface area contributed by atoms with Crippen molar-refractivity contribution in [3.8, 4) is 0 Å². The summed E-state index contributed by atoms with van der Waals surface area (Å²) in [5.74, 6) is -0.445. The van der Waals surface area contributed by atoms with Gasteiger partial charge in [0.2, 0.25) is 11.8 Å². The Kier molecular flexibility index (Phi) is 7.62. The lowest BCUT2D eigenvalue weighted by Gasteiger charge is -2.41. The van der Waals surface area contributed by atoms with Gasteiger partial charge in [0.15, 0.2) is 0 Å². The number of anilines is 1. The van der Waals surface area contributed by atoms with E-state index >= 15 is 0 Å². The molecule has 2 N–H and O–H groups in total. The fourth-order valence-corrected chi connectivity index (χ4v) is 4.47. The molecule has 5 nitrogen and oxygen atoms in total. The average molecular weight is 496 g/mol. The molecule has 1 atom stereocenters. The van der Waals surface area contributed by atoms with Crippen molar-refractivity contribution < 1.29 is 22.8 Å². The number of aryl methyl sites for hydroxylation is 1. The van der Waals surface area contributed by atoms with Gasteiger partial charge in [0.1, 0.15) is 0 Å². The Bertz CT molecular complexity index is 1200. The average Bonchev–Trinajstić information content (AvgIpc) is 2.86. The minimum Gasteiger partial charge on any atom is -0.399 e. The fourth-order valence-electron chi connectivity index (χ4n) is 4.47. The molecule has 2 amide bonds. The molecular weight excluding hydrogens is 467 g/mol. The van der Waals surface area contributed by atoms with Crippen molar-refractivity contribution in [2.45, 2.75) is 38.0 Å². The van der Waals surface area contributed by atoms with Gasteiger partial charge in [0, 0.05) is 18.8 Å². The number of hydrogen-bond donors (Lipinski definition) is 1. The van der Waals surface area contributed by atoms with E-state index < -0.39 is 11.7 Å². The van der Waals surface area contributed by atoms with Crippen molar-refractivity contribution >= 4 is 17.5 Å². The molecule has 0 bridgehead atoms. The van der Waals surface area contributed by atoms with E-state index in [4.69, 9.17) is 5.73 Å². The molecule has 0 unspecified atom stereocenters. The second-order valence-electron chi connectivity index (χ2n) is 9.09. The second kappa shape index (κ2) is 10.8. The zero-order valence-corrected chi connectivity index (χ0v) is 19.7. The van der Waals surface area contributed by atoms with Crippen LogP contribution in [-0.2, 0) is 35.2 Å². The molecule has 1 saturated heterocycles. The quantitative estimate of drug-likeness (QED) is 0.483. The molecule has 0 saturated carbocycles. The minimum atomic E-state index is -4.46. The molecule has 1 aliphatic heterocycles. The number of carbonyl (C=O) groups excluding carboxylic acids is 2. The minimum absolute atomic E-state index is 0.0577. The van der Waals surface area contributed by atoms with Gasteiger partial charge in [0.05, 0.1) is 24.6 Å². The Balaban J connectivity index is 1.52. The highest BCUT2D eigenvalue weighted by atomic mass is 19.4. The topological polar surface area (TPSA) is 66.6 Å². The number of halogens is 3. The molecule has 4 rings (SSSR count). The molecule has 1 heterocycles. The van der Waals surface area contributed by atoms with E-state index in [2.05, 4.69) is 0 Å². The van der Waals surface area contributed by atoms with Gasteiger partial charge in [-0.1, -0.05) is 54.6 Å². The Labute approximate surface area is 208 Å². The van der Waals surface area contributed by atoms with Gasteiger partial charge in [-0.05, 0) is 53.8 Å². The number of nitrogens with two attached hydrogens (primary N) is 1. The molecule has 0 aliphatic carbocycles. The molecule has 1 fully saturated rings. The summed E-state index contributed by atoms with van der Waals surface area (Å²) in [6, 6.07) is 21.5. The molecule has 0 spiro atoms. The van der Waals surface area contributed by atoms with E-state index in [1.165, 1.54) is 6.07 Å². The molecule has 188 valence electrons. The van der Waals surface area contributed by atoms with Gasteiger partial charge in [0.25, 0.3) is 0 Å². The maximum absolute atomic E-state index is 13.2. The third-order valence-corrected chi connectivity index (χ3v) is 6.42. The van der Waals surface area contributed by atoms with E-state index in [1.807, 2.05) is 30.3 Å². The van der Waals surface area contributed by atoms with Crippen LogP contribution in [0.3, 0.4) is 0 Å². The van der Waals surface area contributed by atoms with Crippen LogP contribution in [0, 0.1) is 0 Å². The van der Waals surface area contributed by atoms with Gasteiger partial charge in [-0.2, -0.15) is 13.2 Å². The Morgan fingerprint density at radius 3 is 2.31 bits per heavy atom. The van der Waals surface area contributed by atoms with E-state index in [0.29, 0.717) is 30.6 Å². The highest BCUT2D eigenvalue weighted by molar-refractivity contribution is 5.87. The van der Waals surface area contributed by atoms with Crippen LogP contribution in [0.4, 0.5) is 18.9 Å². The van der Waals surface area contributed by atoms with E-state index in [9.17, 15) is 22.8 Å². The van der Waals surface area contributed by atoms with Gasteiger partial charge in [-0.25, -0.2) is 0 Å². The lowest BCUT2D eigenvalue weighted by Crippen LogP contribution is -2.57. The number of piperazine rings is 1. The number of nitrogen functional groups attached to an aromatic ring is 1. The first-order valence-corrected chi connectivity index (χ1v) is 11.8. The summed E-state index contributed by atoms with van der Waals surface area (Å²) >= 11 is 0. The summed E-state index contributed by atoms with van der Waals surface area (Å²) in [5.41, 5.74) is 7.88. The van der Waals surface area contributed by atoms with Crippen molar-refractivity contribution in [3.05, 3.63) is 101 Å². The zero-order chi connectivity index (χ0) is 25.7. The van der Waals surface area contributed by atoms with Crippen LogP contribution in [0.15, 0.2) is 78.9 Å². The van der Waals surface area contributed by atoms with Crippen LogP contribution < -0.4 is 5.73 Å². The zero-order valence-electron chi connectivity index (χ0n) is 19.7. The van der Waals surface area contributed by atoms with Gasteiger partial charge < -0.3 is 15.5 Å². The van der Waals surface area contributed by atoms with Crippen molar-refractivity contribution in [1.29, 1.82) is 0 Å². The maximum atomic E-state index is 13.2. The van der Waals surface area contributed by atoms with Gasteiger partial charge >= 0.3 is 6.18 Å². The van der Waals surface area contributed by atoms with Crippen LogP contribution >= 0.6 is 0 Å². The fraction of sp³-hybridized carbons (Fsp3) is 0.286. The first-order valence-electron chi connectivity index (χ1n) is 11.8. The van der Waals surface area contributed by atoms with Gasteiger partial charge in [-0.3, -0.25) is 9.59 Å². The molecule has 3 aromatic carbocycles. The predicted octanol–water partition coefficient (Wildman–Crippen LogP) is 4.70. The van der Waals surface area contributed by atoms with E-state index in [1.54, 1.807) is 40.1 Å². The maximum Gasteiger partial charge on any atom is 0.416 e. The molecule has 3 aromatic rings. The largest absolute Gasteiger partial charge is 0.416 e. The molecule has 8 heteroatoms. The number of benzene rings is 3. The SMILES string of the molecule is Nc1ccc(CC(=O)N2CC(=O)N(Cc3cccc(C(F)(F)F)c3)[C@@H](CCc3ccccc3)C2)cc1. The van der Waals surface area contributed by atoms with Crippen LogP contribution in [0.2, 0.25) is 0 Å². The van der Waals surface area contributed by atoms with Crippen molar-refractivity contribution in [2.24, 2.45) is 0 Å². The summed E-state index contributed by atoms with van der Waals surface area (Å²) < 4.78 is 39.7.